The van der Waals surface area contributed by atoms with E-state index < -0.39 is 14.9 Å². The summed E-state index contributed by atoms with van der Waals surface area (Å²) in [5, 5.41) is 14.8. The maximum atomic E-state index is 12.4. The number of nitrogens with one attached hydrogen (secondary N) is 1. The van der Waals surface area contributed by atoms with Crippen LogP contribution in [0.5, 0.6) is 5.75 Å². The van der Waals surface area contributed by atoms with E-state index in [9.17, 15) is 18.5 Å². The minimum absolute atomic E-state index is 0.0445. The van der Waals surface area contributed by atoms with Crippen molar-refractivity contribution in [2.24, 2.45) is 0 Å². The first-order valence-electron chi connectivity index (χ1n) is 8.02. The quantitative estimate of drug-likeness (QED) is 0.468. The van der Waals surface area contributed by atoms with Crippen LogP contribution in [-0.2, 0) is 16.6 Å². The zero-order chi connectivity index (χ0) is 20.3. The third-order valence-corrected chi connectivity index (χ3v) is 5.30. The van der Waals surface area contributed by atoms with Gasteiger partial charge in [-0.3, -0.25) is 10.1 Å². The van der Waals surface area contributed by atoms with Gasteiger partial charge in [0.05, 0.1) is 23.5 Å². The van der Waals surface area contributed by atoms with Crippen LogP contribution in [0.2, 0.25) is 0 Å². The lowest BCUT2D eigenvalue weighted by molar-refractivity contribution is -0.385. The summed E-state index contributed by atoms with van der Waals surface area (Å²) in [5.74, 6) is 0.938. The van der Waals surface area contributed by atoms with E-state index >= 15 is 0 Å². The van der Waals surface area contributed by atoms with Crippen LogP contribution in [0, 0.1) is 17.0 Å². The Morgan fingerprint density at radius 1 is 1.25 bits per heavy atom. The predicted molar refractivity (Wildman–Crippen MR) is 98.1 cm³/mol. The first-order valence-corrected chi connectivity index (χ1v) is 9.50. The number of aromatic nitrogens is 2. The van der Waals surface area contributed by atoms with Gasteiger partial charge in [0.15, 0.2) is 0 Å². The highest BCUT2D eigenvalue weighted by Crippen LogP contribution is 2.23. The molecule has 1 heterocycles. The number of benzene rings is 2. The molecule has 0 aliphatic carbocycles. The Labute approximate surface area is 160 Å². The highest BCUT2D eigenvalue weighted by Gasteiger charge is 2.21. The van der Waals surface area contributed by atoms with Crippen LogP contribution in [0.4, 0.5) is 5.69 Å². The Morgan fingerprint density at radius 2 is 2.04 bits per heavy atom. The van der Waals surface area contributed by atoms with Crippen molar-refractivity contribution in [1.82, 2.24) is 14.9 Å². The molecule has 3 rings (SSSR count). The van der Waals surface area contributed by atoms with Gasteiger partial charge in [-0.2, -0.15) is 4.98 Å². The molecule has 0 aliphatic rings. The van der Waals surface area contributed by atoms with Gasteiger partial charge in [0.2, 0.25) is 21.7 Å². The number of nitro groups is 1. The summed E-state index contributed by atoms with van der Waals surface area (Å²) in [6, 6.07) is 10.7. The second-order valence-corrected chi connectivity index (χ2v) is 7.54. The lowest BCUT2D eigenvalue weighted by Crippen LogP contribution is -2.23. The van der Waals surface area contributed by atoms with Gasteiger partial charge in [-0.15, -0.1) is 0 Å². The van der Waals surface area contributed by atoms with Gasteiger partial charge in [-0.25, -0.2) is 13.1 Å². The number of methoxy groups -OCH3 is 1. The van der Waals surface area contributed by atoms with Crippen LogP contribution in [-0.4, -0.2) is 30.6 Å². The Bertz CT molecular complexity index is 1130. The smallest absolute Gasteiger partial charge is 0.273 e. The van der Waals surface area contributed by atoms with Gasteiger partial charge in [-0.1, -0.05) is 23.4 Å². The number of rotatable bonds is 7. The van der Waals surface area contributed by atoms with Gasteiger partial charge < -0.3 is 9.26 Å². The van der Waals surface area contributed by atoms with E-state index in [-0.39, 0.29) is 28.8 Å². The fourth-order valence-electron chi connectivity index (χ4n) is 2.40. The van der Waals surface area contributed by atoms with Crippen molar-refractivity contribution in [3.63, 3.8) is 0 Å². The predicted octanol–water partition coefficient (Wildman–Crippen LogP) is 2.44. The van der Waals surface area contributed by atoms with Crippen LogP contribution in [0.1, 0.15) is 11.5 Å². The molecule has 3 aromatic rings. The maximum Gasteiger partial charge on any atom is 0.273 e. The molecule has 28 heavy (non-hydrogen) atoms. The van der Waals surface area contributed by atoms with Crippen molar-refractivity contribution in [3.8, 4) is 17.1 Å². The van der Waals surface area contributed by atoms with Gasteiger partial charge in [0.1, 0.15) is 5.75 Å². The minimum Gasteiger partial charge on any atom is -0.497 e. The molecule has 0 amide bonds. The molecule has 0 saturated heterocycles. The van der Waals surface area contributed by atoms with Crippen molar-refractivity contribution in [2.75, 3.05) is 7.11 Å². The van der Waals surface area contributed by atoms with Crippen molar-refractivity contribution < 1.29 is 22.6 Å². The molecule has 1 N–H and O–H groups in total. The average Bonchev–Trinajstić information content (AvgIpc) is 3.15. The van der Waals surface area contributed by atoms with Gasteiger partial charge >= 0.3 is 0 Å². The second kappa shape index (κ2) is 7.74. The monoisotopic (exact) mass is 404 g/mol. The molecule has 1 aromatic heterocycles. The molecule has 0 radical (unpaired) electrons. The largest absolute Gasteiger partial charge is 0.497 e. The molecule has 0 aliphatic heterocycles. The molecular formula is C17H16N4O6S. The number of hydrogen-bond donors (Lipinski definition) is 1. The number of sulfonamides is 1. The second-order valence-electron chi connectivity index (χ2n) is 5.77. The fourth-order valence-corrected chi connectivity index (χ4v) is 3.39. The lowest BCUT2D eigenvalue weighted by atomic mass is 10.2. The number of aryl methyl sites for hydroxylation is 1. The zero-order valence-corrected chi connectivity index (χ0v) is 15.8. The topological polar surface area (TPSA) is 137 Å². The standard InChI is InChI=1S/C17H16N4O6S/c1-11-6-7-14(9-15(11)21(22)23)28(24,25)18-10-16-19-17(20-27-16)12-4-3-5-13(8-12)26-2/h3-9,18H,10H2,1-2H3. The normalized spacial score (nSPS) is 11.4. The third-order valence-electron chi connectivity index (χ3n) is 3.90. The number of nitrogens with zero attached hydrogens (tertiary/aromatic N) is 3. The summed E-state index contributed by atoms with van der Waals surface area (Å²) in [7, 11) is -2.47. The van der Waals surface area contributed by atoms with E-state index in [2.05, 4.69) is 14.9 Å². The first kappa shape index (κ1) is 19.5. The van der Waals surface area contributed by atoms with Gasteiger partial charge in [-0.05, 0) is 25.1 Å². The summed E-state index contributed by atoms with van der Waals surface area (Å²) in [5.41, 5.74) is 0.733. The van der Waals surface area contributed by atoms with Crippen molar-refractivity contribution >= 4 is 15.7 Å². The SMILES string of the molecule is COc1cccc(-c2noc(CNS(=O)(=O)c3ccc(C)c([N+](=O)[O-])c3)n2)c1. The highest BCUT2D eigenvalue weighted by atomic mass is 32.2. The van der Waals surface area contributed by atoms with E-state index in [1.807, 2.05) is 0 Å². The van der Waals surface area contributed by atoms with Crippen LogP contribution >= 0.6 is 0 Å². The molecule has 0 spiro atoms. The Morgan fingerprint density at radius 3 is 2.75 bits per heavy atom. The molecule has 10 nitrogen and oxygen atoms in total. The van der Waals surface area contributed by atoms with Crippen LogP contribution in [0.15, 0.2) is 51.9 Å². The molecule has 0 atom stereocenters. The summed E-state index contributed by atoms with van der Waals surface area (Å²) in [6.07, 6.45) is 0. The summed E-state index contributed by atoms with van der Waals surface area (Å²) < 4.78 is 37.3. The molecular weight excluding hydrogens is 388 g/mol. The lowest BCUT2D eigenvalue weighted by Gasteiger charge is -2.05. The van der Waals surface area contributed by atoms with Crippen molar-refractivity contribution in [1.29, 1.82) is 0 Å². The highest BCUT2D eigenvalue weighted by molar-refractivity contribution is 7.89. The van der Waals surface area contributed by atoms with Crippen LogP contribution in [0.25, 0.3) is 11.4 Å². The van der Waals surface area contributed by atoms with Crippen molar-refractivity contribution in [2.45, 2.75) is 18.4 Å². The molecule has 11 heteroatoms. The van der Waals surface area contributed by atoms with E-state index in [0.29, 0.717) is 16.9 Å². The van der Waals surface area contributed by atoms with E-state index in [0.717, 1.165) is 6.07 Å². The molecule has 146 valence electrons. The Kier molecular flexibility index (Phi) is 5.38. The third kappa shape index (κ3) is 4.15. The van der Waals surface area contributed by atoms with Crippen LogP contribution < -0.4 is 9.46 Å². The first-order chi connectivity index (χ1) is 13.3. The number of ether oxygens (including phenoxy) is 1. The molecule has 0 bridgehead atoms. The fraction of sp³-hybridized carbons (Fsp3) is 0.176. The molecule has 0 fully saturated rings. The average molecular weight is 404 g/mol. The van der Waals surface area contributed by atoms with Crippen molar-refractivity contribution in [3.05, 3.63) is 64.0 Å². The summed E-state index contributed by atoms with van der Waals surface area (Å²) >= 11 is 0. The van der Waals surface area contributed by atoms with Gasteiger partial charge in [0, 0.05) is 17.2 Å². The number of hydrogen-bond acceptors (Lipinski definition) is 8. The Balaban J connectivity index is 1.76. The maximum absolute atomic E-state index is 12.4. The molecule has 2 aromatic carbocycles. The van der Waals surface area contributed by atoms with E-state index in [1.165, 1.54) is 26.2 Å². The van der Waals surface area contributed by atoms with E-state index in [4.69, 9.17) is 9.26 Å². The van der Waals surface area contributed by atoms with Crippen LogP contribution in [0.3, 0.4) is 0 Å². The summed E-state index contributed by atoms with van der Waals surface area (Å²) in [6.45, 7) is 1.27. The summed E-state index contributed by atoms with van der Waals surface area (Å²) in [4.78, 5) is 14.3. The van der Waals surface area contributed by atoms with Gasteiger partial charge in [0.25, 0.3) is 5.69 Å². The number of nitro benzene ring substituents is 1. The molecule has 0 unspecified atom stereocenters. The Hall–Kier alpha value is -3.31. The molecule has 0 saturated carbocycles. The zero-order valence-electron chi connectivity index (χ0n) is 14.9. The minimum atomic E-state index is -4.00. The van der Waals surface area contributed by atoms with E-state index in [1.54, 1.807) is 24.3 Å².